The molecule has 1 unspecified atom stereocenters. The zero-order valence-corrected chi connectivity index (χ0v) is 87.3. The minimum atomic E-state index is -3.98. The van der Waals surface area contributed by atoms with Crippen LogP contribution in [0.25, 0.3) is 21.8 Å². The smallest absolute Gasteiger partial charge is 0.308 e. The van der Waals surface area contributed by atoms with Gasteiger partial charge in [-0.2, -0.15) is 9.97 Å². The number of hydrogen-bond acceptors (Lipinski definition) is 30. The largest absolute Gasteiger partial charge is 0.496 e. The van der Waals surface area contributed by atoms with Crippen LogP contribution in [0.5, 0.6) is 57.5 Å². The molecule has 768 valence electrons. The minimum Gasteiger partial charge on any atom is -0.496 e. The molecule has 7 aromatic carbocycles. The number of nitrogens with two attached hydrogens (primary N) is 3. The highest BCUT2D eigenvalue weighted by Crippen LogP contribution is 2.41. The molecule has 0 bridgehead atoms. The minimum absolute atomic E-state index is 0.0413. The summed E-state index contributed by atoms with van der Waals surface area (Å²) in [6, 6.07) is 31.6. The highest BCUT2D eigenvalue weighted by atomic mass is 35.5. The number of rotatable bonds is 31. The Morgan fingerprint density at radius 1 is 0.525 bits per heavy atom. The van der Waals surface area contributed by atoms with Crippen molar-refractivity contribution in [3.05, 3.63) is 152 Å². The van der Waals surface area contributed by atoms with Gasteiger partial charge in [0, 0.05) is 176 Å². The van der Waals surface area contributed by atoms with Crippen molar-refractivity contribution in [1.29, 1.82) is 0 Å². The first-order valence-corrected chi connectivity index (χ1v) is 50.7. The van der Waals surface area contributed by atoms with Crippen molar-refractivity contribution in [2.24, 2.45) is 11.1 Å². The maximum Gasteiger partial charge on any atom is 0.308 e. The maximum absolute atomic E-state index is 12.7. The first-order valence-electron chi connectivity index (χ1n) is 48.4. The van der Waals surface area contributed by atoms with Crippen molar-refractivity contribution in [3.63, 3.8) is 0 Å². The molecule has 0 spiro atoms. The standard InChI is InChI=1S/C22H27ClN4O4S.C19H27N5O3.C18H25N5O4.C17H25NO4.C17H26O3.C11H14ClN/c1-31-20-6-3-2-5-19(20)26-11-9-25(10-12-26)7-4-8-27-15-16-13-18(23)21(32(24,29)30)14-17(16)22(27)28;1-4-6-17(25)23-7-5-8-24(10-9-23)19-21-14-12-16(27-3)15(26-2)11-13(14)18(20)22-19;1-11(24)8-16(25)22-4-6-23(7-5-22)18-20-13-10-15(27-3)14(26-2)9-12(13)17(19)21-18;1-20-13-11-15(21-2)17(16(12-13)22-3)14(19)7-6-10-18-8-4-5-9-18;1-11(2)7-8-19-17-9-13(5)16(20-14(6)18)10-15(17)12(3)4;1-13-7-5-9-3-2-4-11(12)10(9)6-8-13/h2-3,5-6,13-14H,4,7-12,15H2,1H3,(H2,24,29,30);11-12H,4-10H2,1-3H3,(H2,20,21,22);9-11,24H,4-8H2,1-3H3,(H2,19,20,21);11-12H,4-10H2,1-3H3;9-12H,7-8H2,1-6H3;2-4H,5-8H2,1H3. The molecule has 15 rings (SSSR count). The van der Waals surface area contributed by atoms with Crippen LogP contribution < -0.4 is 78.7 Å². The molecule has 8 heterocycles. The number of primary sulfonamides is 1. The maximum atomic E-state index is 12.7. The van der Waals surface area contributed by atoms with Crippen LogP contribution in [-0.2, 0) is 43.8 Å². The number of Topliss-reactive ketones (excluding diaryl/α,β-unsaturated/α-hetero) is 1. The van der Waals surface area contributed by atoms with Gasteiger partial charge < -0.3 is 103 Å². The molecule has 0 radical (unpaired) electrons. The first kappa shape index (κ1) is 111. The number of hydrogen-bond donors (Lipinski definition) is 4. The number of benzene rings is 7. The molecule has 37 heteroatoms. The van der Waals surface area contributed by atoms with Crippen LogP contribution in [0, 0.1) is 12.8 Å². The van der Waals surface area contributed by atoms with E-state index in [-0.39, 0.29) is 45.8 Å². The summed E-state index contributed by atoms with van der Waals surface area (Å²) in [5, 5.41) is 17.0. The number of aromatic nitrogens is 4. The molecule has 9 aromatic rings. The first-order chi connectivity index (χ1) is 67.5. The van der Waals surface area contributed by atoms with Crippen LogP contribution in [-0.4, -0.2) is 293 Å². The normalized spacial score (nSPS) is 15.3. The SMILES string of the molecule is CC(=O)Oc1cc(C(C)C)c(OCCC(C)C)cc1C.CCCC(=O)N1CCCN(c2nc(N)c3cc(OC)c(OC)cc3n2)CC1.CN1CCc2cccc(Cl)c2CC1.COc1cc(OC)c(C(=O)CCCN2CCCC2)c(OC)c1.COc1cc2nc(N3CCN(C(=O)CC(C)O)CC3)nc(N)c2cc1OC.COc1ccccc1N1CCN(CCCN2Cc3cc(Cl)c(S(N)(=O)=O)cc3C2=O)CC1. The summed E-state index contributed by atoms with van der Waals surface area (Å²) in [7, 11) is 10.9. The zero-order chi connectivity index (χ0) is 102. The molecule has 0 aliphatic carbocycles. The van der Waals surface area contributed by atoms with Gasteiger partial charge in [-0.05, 0) is 194 Å². The number of esters is 1. The molecule has 4 fully saturated rings. The summed E-state index contributed by atoms with van der Waals surface area (Å²) in [6.45, 7) is 32.7. The number of likely N-dealkylation sites (tertiary alicyclic amines) is 1. The second-order valence-corrected chi connectivity index (χ2v) is 38.7. The molecule has 0 saturated carbocycles. The van der Waals surface area contributed by atoms with Gasteiger partial charge in [0.05, 0.1) is 97.8 Å². The number of sulfonamides is 1. The van der Waals surface area contributed by atoms with Gasteiger partial charge in [-0.3, -0.25) is 28.9 Å². The monoisotopic (exact) mass is 2010 g/mol. The second-order valence-electron chi connectivity index (χ2n) is 36.3. The van der Waals surface area contributed by atoms with Crippen LogP contribution in [0.4, 0.5) is 29.2 Å². The van der Waals surface area contributed by atoms with Gasteiger partial charge in [0.15, 0.2) is 28.8 Å². The van der Waals surface area contributed by atoms with E-state index in [2.05, 4.69) is 91.3 Å². The number of carbonyl (C=O) groups excluding carboxylic acids is 5. The number of carbonyl (C=O) groups is 5. The third-order valence-electron chi connectivity index (χ3n) is 25.4. The molecule has 6 aliphatic rings. The molecule has 2 aromatic heterocycles. The molecule has 1 atom stereocenters. The van der Waals surface area contributed by atoms with Crippen molar-refractivity contribution in [2.75, 3.05) is 221 Å². The van der Waals surface area contributed by atoms with Crippen LogP contribution in [0.3, 0.4) is 0 Å². The molecule has 6 aliphatic heterocycles. The number of piperazine rings is 2. The number of aryl methyl sites for hydroxylation is 1. The lowest BCUT2D eigenvalue weighted by atomic mass is 9.99. The number of amides is 3. The Morgan fingerprint density at radius 3 is 1.62 bits per heavy atom. The number of nitrogens with zero attached hydrogens (tertiary/aromatic N) is 13. The second kappa shape index (κ2) is 54.0. The fourth-order valence-electron chi connectivity index (χ4n) is 17.5. The Labute approximate surface area is 840 Å². The molecular weight excluding hydrogens is 1860 g/mol. The van der Waals surface area contributed by atoms with E-state index in [1.54, 1.807) is 104 Å². The third kappa shape index (κ3) is 31.2. The van der Waals surface area contributed by atoms with Crippen molar-refractivity contribution < 1.29 is 84.9 Å². The highest BCUT2D eigenvalue weighted by Gasteiger charge is 2.33. The van der Waals surface area contributed by atoms with Gasteiger partial charge >= 0.3 is 5.97 Å². The number of methoxy groups -OCH3 is 8. The fraction of sp³-hybridized carbons (Fsp3) is 0.510. The zero-order valence-electron chi connectivity index (χ0n) is 85.0. The van der Waals surface area contributed by atoms with Crippen LogP contribution in [0.2, 0.25) is 10.0 Å². The Bertz CT molecular complexity index is 5800. The lowest BCUT2D eigenvalue weighted by Gasteiger charge is -2.36. The van der Waals surface area contributed by atoms with Gasteiger partial charge in [-0.1, -0.05) is 82.1 Å². The van der Waals surface area contributed by atoms with Gasteiger partial charge in [0.25, 0.3) is 5.91 Å². The number of ketones is 1. The summed E-state index contributed by atoms with van der Waals surface area (Å²) in [6.07, 6.45) is 9.84. The van der Waals surface area contributed by atoms with Gasteiger partial charge in [-0.15, -0.1) is 0 Å². The Hall–Kier alpha value is -11.7. The average molecular weight is 2010 g/mol. The quantitative estimate of drug-likeness (QED) is 0.0178. The molecular formula is C104H144Cl2N16O18S. The van der Waals surface area contributed by atoms with E-state index in [4.69, 9.17) is 87.2 Å². The number of aliphatic hydroxyl groups is 1. The Balaban J connectivity index is 0.000000177. The average Bonchev–Trinajstić information content (AvgIpc) is 1.74. The van der Waals surface area contributed by atoms with E-state index in [1.165, 1.54) is 43.0 Å². The summed E-state index contributed by atoms with van der Waals surface area (Å²) in [5.41, 5.74) is 21.2. The van der Waals surface area contributed by atoms with Gasteiger partial charge in [0.2, 0.25) is 33.7 Å². The number of nitrogen functional groups attached to an aromatic ring is 2. The van der Waals surface area contributed by atoms with Gasteiger partial charge in [-0.25, -0.2) is 23.5 Å². The number of aliphatic hydroxyl groups excluding tert-OH is 1. The van der Waals surface area contributed by atoms with Crippen molar-refractivity contribution in [1.82, 2.24) is 49.3 Å². The lowest BCUT2D eigenvalue weighted by Crippen LogP contribution is -2.49. The van der Waals surface area contributed by atoms with Gasteiger partial charge in [0.1, 0.15) is 56.6 Å². The molecule has 7 N–H and O–H groups in total. The number of likely N-dealkylation sites (N-methyl/N-ethyl adjacent to an activating group) is 1. The molecule has 4 saturated heterocycles. The summed E-state index contributed by atoms with van der Waals surface area (Å²) in [4.78, 5) is 97.7. The predicted octanol–water partition coefficient (Wildman–Crippen LogP) is 14.5. The van der Waals surface area contributed by atoms with Crippen molar-refractivity contribution >= 4 is 114 Å². The van der Waals surface area contributed by atoms with E-state index in [0.717, 1.165) is 168 Å². The molecule has 34 nitrogen and oxygen atoms in total. The van der Waals surface area contributed by atoms with E-state index in [0.29, 0.717) is 181 Å². The lowest BCUT2D eigenvalue weighted by molar-refractivity contribution is -0.133. The fourth-order valence-corrected chi connectivity index (χ4v) is 18.9. The number of ether oxygens (including phenoxy) is 10. The number of anilines is 5. The van der Waals surface area contributed by atoms with Crippen molar-refractivity contribution in [2.45, 2.75) is 156 Å². The highest BCUT2D eigenvalue weighted by molar-refractivity contribution is 7.89. The summed E-state index contributed by atoms with van der Waals surface area (Å²) >= 11 is 12.2. The van der Waals surface area contributed by atoms with Crippen LogP contribution >= 0.6 is 23.2 Å². The topological polar surface area (TPSA) is 391 Å². The number of halogens is 2. The molecule has 3 amide bonds. The van der Waals surface area contributed by atoms with E-state index in [1.807, 2.05) is 72.2 Å². The summed E-state index contributed by atoms with van der Waals surface area (Å²) in [5.74, 6) is 8.92. The Morgan fingerprint density at radius 2 is 1.07 bits per heavy atom. The van der Waals surface area contributed by atoms with E-state index in [9.17, 15) is 37.5 Å². The van der Waals surface area contributed by atoms with E-state index >= 15 is 0 Å². The van der Waals surface area contributed by atoms with Crippen LogP contribution in [0.1, 0.15) is 167 Å². The predicted molar refractivity (Wildman–Crippen MR) is 555 cm³/mol. The van der Waals surface area contributed by atoms with Crippen molar-refractivity contribution in [3.8, 4) is 57.5 Å². The number of para-hydroxylation sites is 2. The van der Waals surface area contributed by atoms with Crippen LogP contribution in [0.15, 0.2) is 108 Å². The van der Waals surface area contributed by atoms with E-state index < -0.39 is 16.1 Å². The summed E-state index contributed by atoms with van der Waals surface area (Å²) < 4.78 is 77.2. The number of fused-ring (bicyclic) bond motifs is 4. The Kier molecular flexibility index (Phi) is 42.6. The third-order valence-corrected chi connectivity index (χ3v) is 27.1. The molecule has 141 heavy (non-hydrogen) atoms.